The summed E-state index contributed by atoms with van der Waals surface area (Å²) >= 11 is 3.46. The van der Waals surface area contributed by atoms with Crippen LogP contribution in [0.25, 0.3) is 0 Å². The largest absolute Gasteiger partial charge is 0.489 e. The monoisotopic (exact) mass is 317 g/mol. The standard InChI is InChI=1S/C16H16BrNO/c1-10-3-4-11(2)13(7-10)15-9-19-16-8-12(17)5-6-14(16)18-15/h3-8,15,18H,9H2,1-2H3. The Morgan fingerprint density at radius 3 is 2.84 bits per heavy atom. The molecule has 19 heavy (non-hydrogen) atoms. The van der Waals surface area contributed by atoms with Crippen LogP contribution in [0, 0.1) is 13.8 Å². The molecule has 0 radical (unpaired) electrons. The summed E-state index contributed by atoms with van der Waals surface area (Å²) in [6.45, 7) is 4.93. The van der Waals surface area contributed by atoms with Crippen LogP contribution in [0.15, 0.2) is 40.9 Å². The average Bonchev–Trinajstić information content (AvgIpc) is 2.41. The highest BCUT2D eigenvalue weighted by atomic mass is 79.9. The second kappa shape index (κ2) is 4.89. The van der Waals surface area contributed by atoms with Gasteiger partial charge < -0.3 is 10.1 Å². The molecule has 0 fully saturated rings. The van der Waals surface area contributed by atoms with Crippen molar-refractivity contribution in [3.8, 4) is 5.75 Å². The van der Waals surface area contributed by atoms with Crippen LogP contribution < -0.4 is 10.1 Å². The summed E-state index contributed by atoms with van der Waals surface area (Å²) < 4.78 is 6.91. The number of hydrogen-bond donors (Lipinski definition) is 1. The zero-order valence-electron chi connectivity index (χ0n) is 11.0. The number of nitrogens with one attached hydrogen (secondary N) is 1. The molecule has 3 rings (SSSR count). The Hall–Kier alpha value is -1.48. The van der Waals surface area contributed by atoms with Crippen molar-refractivity contribution in [2.24, 2.45) is 0 Å². The lowest BCUT2D eigenvalue weighted by Crippen LogP contribution is -2.24. The Labute approximate surface area is 121 Å². The number of anilines is 1. The predicted octanol–water partition coefficient (Wildman–Crippen LogP) is 4.61. The Morgan fingerprint density at radius 1 is 1.16 bits per heavy atom. The van der Waals surface area contributed by atoms with E-state index in [-0.39, 0.29) is 6.04 Å². The van der Waals surface area contributed by atoms with E-state index in [4.69, 9.17) is 4.74 Å². The summed E-state index contributed by atoms with van der Waals surface area (Å²) in [6, 6.07) is 12.9. The van der Waals surface area contributed by atoms with E-state index >= 15 is 0 Å². The minimum atomic E-state index is 0.216. The highest BCUT2D eigenvalue weighted by Crippen LogP contribution is 2.36. The van der Waals surface area contributed by atoms with Gasteiger partial charge in [0.05, 0.1) is 11.7 Å². The van der Waals surface area contributed by atoms with E-state index in [2.05, 4.69) is 59.4 Å². The zero-order valence-corrected chi connectivity index (χ0v) is 12.6. The zero-order chi connectivity index (χ0) is 13.4. The first-order valence-electron chi connectivity index (χ1n) is 6.39. The topological polar surface area (TPSA) is 21.3 Å². The van der Waals surface area contributed by atoms with E-state index in [0.717, 1.165) is 15.9 Å². The molecule has 98 valence electrons. The fourth-order valence-electron chi connectivity index (χ4n) is 2.44. The van der Waals surface area contributed by atoms with Crippen molar-refractivity contribution in [2.75, 3.05) is 11.9 Å². The van der Waals surface area contributed by atoms with Crippen molar-refractivity contribution in [3.63, 3.8) is 0 Å². The average molecular weight is 318 g/mol. The maximum Gasteiger partial charge on any atom is 0.143 e. The summed E-state index contributed by atoms with van der Waals surface area (Å²) in [5, 5.41) is 3.56. The molecule has 0 aromatic heterocycles. The Kier molecular flexibility index (Phi) is 3.23. The maximum absolute atomic E-state index is 5.87. The van der Waals surface area contributed by atoms with Gasteiger partial charge in [-0.05, 0) is 43.2 Å². The van der Waals surface area contributed by atoms with E-state index in [1.165, 1.54) is 16.7 Å². The van der Waals surface area contributed by atoms with Crippen LogP contribution in [0.5, 0.6) is 5.75 Å². The summed E-state index contributed by atoms with van der Waals surface area (Å²) in [5.74, 6) is 0.913. The van der Waals surface area contributed by atoms with Gasteiger partial charge in [-0.25, -0.2) is 0 Å². The molecule has 1 aliphatic rings. The predicted molar refractivity (Wildman–Crippen MR) is 81.9 cm³/mol. The number of rotatable bonds is 1. The molecule has 1 heterocycles. The molecule has 1 N–H and O–H groups in total. The van der Waals surface area contributed by atoms with Gasteiger partial charge in [0.15, 0.2) is 0 Å². The third-order valence-electron chi connectivity index (χ3n) is 3.49. The van der Waals surface area contributed by atoms with Gasteiger partial charge >= 0.3 is 0 Å². The third kappa shape index (κ3) is 2.47. The van der Waals surface area contributed by atoms with Crippen molar-refractivity contribution in [3.05, 3.63) is 57.6 Å². The van der Waals surface area contributed by atoms with Crippen molar-refractivity contribution in [1.29, 1.82) is 0 Å². The van der Waals surface area contributed by atoms with Crippen LogP contribution in [-0.2, 0) is 0 Å². The van der Waals surface area contributed by atoms with Gasteiger partial charge in [-0.15, -0.1) is 0 Å². The summed E-state index contributed by atoms with van der Waals surface area (Å²) in [6.07, 6.45) is 0. The highest BCUT2D eigenvalue weighted by molar-refractivity contribution is 9.10. The van der Waals surface area contributed by atoms with Gasteiger partial charge in [0, 0.05) is 4.47 Å². The first-order chi connectivity index (χ1) is 9.13. The van der Waals surface area contributed by atoms with Gasteiger partial charge in [0.2, 0.25) is 0 Å². The third-order valence-corrected chi connectivity index (χ3v) is 3.98. The van der Waals surface area contributed by atoms with Gasteiger partial charge in [0.1, 0.15) is 12.4 Å². The van der Waals surface area contributed by atoms with Crippen LogP contribution in [0.3, 0.4) is 0 Å². The van der Waals surface area contributed by atoms with Crippen molar-refractivity contribution in [1.82, 2.24) is 0 Å². The van der Waals surface area contributed by atoms with Gasteiger partial charge in [-0.1, -0.05) is 39.7 Å². The minimum absolute atomic E-state index is 0.216. The highest BCUT2D eigenvalue weighted by Gasteiger charge is 2.21. The first-order valence-corrected chi connectivity index (χ1v) is 7.19. The Bertz CT molecular complexity index is 624. The van der Waals surface area contributed by atoms with E-state index in [1.807, 2.05) is 12.1 Å². The van der Waals surface area contributed by atoms with Gasteiger partial charge in [0.25, 0.3) is 0 Å². The molecule has 0 saturated carbocycles. The molecule has 0 saturated heterocycles. The van der Waals surface area contributed by atoms with E-state index in [0.29, 0.717) is 6.61 Å². The van der Waals surface area contributed by atoms with Crippen LogP contribution in [0.1, 0.15) is 22.7 Å². The number of halogens is 1. The SMILES string of the molecule is Cc1ccc(C)c(C2COc3cc(Br)ccc3N2)c1. The lowest BCUT2D eigenvalue weighted by Gasteiger charge is -2.29. The van der Waals surface area contributed by atoms with Crippen LogP contribution in [-0.4, -0.2) is 6.61 Å². The molecule has 2 aromatic carbocycles. The van der Waals surface area contributed by atoms with Crippen LogP contribution >= 0.6 is 15.9 Å². The number of fused-ring (bicyclic) bond motifs is 1. The molecule has 0 bridgehead atoms. The minimum Gasteiger partial charge on any atom is -0.489 e. The Balaban J connectivity index is 1.93. The van der Waals surface area contributed by atoms with Crippen molar-refractivity contribution < 1.29 is 4.74 Å². The molecular formula is C16H16BrNO. The van der Waals surface area contributed by atoms with Gasteiger partial charge in [-0.3, -0.25) is 0 Å². The lowest BCUT2D eigenvalue weighted by molar-refractivity contribution is 0.286. The first kappa shape index (κ1) is 12.5. The number of ether oxygens (including phenoxy) is 1. The molecule has 1 unspecified atom stereocenters. The second-order valence-electron chi connectivity index (χ2n) is 5.01. The van der Waals surface area contributed by atoms with E-state index < -0.39 is 0 Å². The molecule has 2 aromatic rings. The summed E-state index contributed by atoms with van der Waals surface area (Å²) in [4.78, 5) is 0. The summed E-state index contributed by atoms with van der Waals surface area (Å²) in [5.41, 5.74) is 4.95. The smallest absolute Gasteiger partial charge is 0.143 e. The molecule has 0 aliphatic carbocycles. The fraction of sp³-hybridized carbons (Fsp3) is 0.250. The number of aryl methyl sites for hydroxylation is 2. The molecule has 1 aliphatic heterocycles. The van der Waals surface area contributed by atoms with Crippen LogP contribution in [0.2, 0.25) is 0 Å². The van der Waals surface area contributed by atoms with Crippen molar-refractivity contribution in [2.45, 2.75) is 19.9 Å². The molecule has 3 heteroatoms. The molecule has 2 nitrogen and oxygen atoms in total. The Morgan fingerprint density at radius 2 is 2.00 bits per heavy atom. The second-order valence-corrected chi connectivity index (χ2v) is 5.92. The molecule has 0 amide bonds. The fourth-order valence-corrected chi connectivity index (χ4v) is 2.78. The maximum atomic E-state index is 5.87. The summed E-state index contributed by atoms with van der Waals surface area (Å²) in [7, 11) is 0. The lowest BCUT2D eigenvalue weighted by atomic mass is 9.98. The number of hydrogen-bond acceptors (Lipinski definition) is 2. The number of benzene rings is 2. The van der Waals surface area contributed by atoms with Crippen LogP contribution in [0.4, 0.5) is 5.69 Å². The quantitative estimate of drug-likeness (QED) is 0.829. The van der Waals surface area contributed by atoms with E-state index in [1.54, 1.807) is 0 Å². The van der Waals surface area contributed by atoms with Gasteiger partial charge in [-0.2, -0.15) is 0 Å². The van der Waals surface area contributed by atoms with E-state index in [9.17, 15) is 0 Å². The normalized spacial score (nSPS) is 17.3. The molecule has 1 atom stereocenters. The van der Waals surface area contributed by atoms with Crippen molar-refractivity contribution >= 4 is 21.6 Å². The molecular weight excluding hydrogens is 302 g/mol. The molecule has 0 spiro atoms.